The predicted octanol–water partition coefficient (Wildman–Crippen LogP) is 6.67. The zero-order valence-corrected chi connectivity index (χ0v) is 21.7. The second-order valence-corrected chi connectivity index (χ2v) is 12.3. The van der Waals surface area contributed by atoms with E-state index in [1.165, 1.54) is 29.3 Å². The molecule has 2 aromatic carbocycles. The number of nitrogens with one attached hydrogen (secondary N) is 1. The highest BCUT2D eigenvalue weighted by Gasteiger charge is 2.71. The highest BCUT2D eigenvalue weighted by atomic mass is 19.1. The molecule has 1 amide bonds. The van der Waals surface area contributed by atoms with Crippen molar-refractivity contribution in [1.29, 1.82) is 0 Å². The lowest BCUT2D eigenvalue weighted by Gasteiger charge is -2.24. The fourth-order valence-corrected chi connectivity index (χ4v) is 6.75. The van der Waals surface area contributed by atoms with E-state index in [1.807, 2.05) is 37.7 Å². The Morgan fingerprint density at radius 2 is 1.92 bits per heavy atom. The van der Waals surface area contributed by atoms with Gasteiger partial charge in [-0.05, 0) is 96.9 Å². The van der Waals surface area contributed by atoms with E-state index in [0.717, 1.165) is 49.0 Å². The average Bonchev–Trinajstić information content (AvgIpc) is 3.12. The van der Waals surface area contributed by atoms with Gasteiger partial charge in [0.25, 0.3) is 5.91 Å². The molecule has 0 aliphatic heterocycles. The molecule has 3 aromatic rings. The molecular weight excluding hydrogens is 468 g/mol. The molecule has 1 unspecified atom stereocenters. The normalized spacial score (nSPS) is 23.6. The van der Waals surface area contributed by atoms with Crippen LogP contribution in [0.2, 0.25) is 0 Å². The molecule has 2 saturated carbocycles. The van der Waals surface area contributed by atoms with Crippen molar-refractivity contribution in [3.63, 3.8) is 0 Å². The smallest absolute Gasteiger partial charge is 0.254 e. The first kappa shape index (κ1) is 24.1. The van der Waals surface area contributed by atoms with Gasteiger partial charge in [-0.3, -0.25) is 4.79 Å². The molecule has 192 valence electrons. The van der Waals surface area contributed by atoms with E-state index >= 15 is 0 Å². The number of aromatic nitrogens is 2. The molecule has 1 spiro atoms. The van der Waals surface area contributed by atoms with Crippen LogP contribution in [0, 0.1) is 27.9 Å². The Morgan fingerprint density at radius 1 is 1.14 bits per heavy atom. The minimum atomic E-state index is -0.450. The van der Waals surface area contributed by atoms with Gasteiger partial charge < -0.3 is 5.32 Å². The maximum Gasteiger partial charge on any atom is 0.254 e. The standard InChI is InChI=1S/C31H33F2N3O/c1-29(2,3)19-34-28(37)27-20(5-4-6-25(27)33)11-13-30-14-12-22-15-26-21(16-31(22,30)18-30)17-35-36(26)24-9-7-23(32)8-10-24/h4-10,15,17H,11-14,16,18-19H2,1-3H3,(H,34,37)/t30-,31?/m1/s1. The molecule has 2 fully saturated rings. The first-order valence-corrected chi connectivity index (χ1v) is 13.2. The van der Waals surface area contributed by atoms with E-state index in [1.54, 1.807) is 18.2 Å². The average molecular weight is 502 g/mol. The Balaban J connectivity index is 1.21. The Morgan fingerprint density at radius 3 is 2.68 bits per heavy atom. The van der Waals surface area contributed by atoms with Gasteiger partial charge in [-0.15, -0.1) is 0 Å². The molecule has 4 nitrogen and oxygen atoms in total. The Kier molecular flexibility index (Phi) is 5.45. The van der Waals surface area contributed by atoms with Gasteiger partial charge in [0.1, 0.15) is 11.6 Å². The number of hydrogen-bond acceptors (Lipinski definition) is 2. The summed E-state index contributed by atoms with van der Waals surface area (Å²) in [6.45, 7) is 6.64. The van der Waals surface area contributed by atoms with E-state index in [4.69, 9.17) is 0 Å². The first-order valence-electron chi connectivity index (χ1n) is 13.2. The summed E-state index contributed by atoms with van der Waals surface area (Å²) in [6.07, 6.45) is 10.1. The zero-order chi connectivity index (χ0) is 26.0. The van der Waals surface area contributed by atoms with Crippen LogP contribution in [0.4, 0.5) is 8.78 Å². The van der Waals surface area contributed by atoms with Crippen LogP contribution in [0.25, 0.3) is 11.8 Å². The van der Waals surface area contributed by atoms with Crippen molar-refractivity contribution in [3.05, 3.63) is 88.3 Å². The van der Waals surface area contributed by atoms with E-state index in [-0.39, 0.29) is 33.5 Å². The van der Waals surface area contributed by atoms with Gasteiger partial charge in [0, 0.05) is 12.0 Å². The molecule has 6 rings (SSSR count). The van der Waals surface area contributed by atoms with Crippen LogP contribution in [0.15, 0.2) is 54.2 Å². The summed E-state index contributed by atoms with van der Waals surface area (Å²) in [5.74, 6) is -1.03. The molecule has 3 aliphatic rings. The van der Waals surface area contributed by atoms with Crippen LogP contribution in [-0.4, -0.2) is 22.2 Å². The highest BCUT2D eigenvalue weighted by molar-refractivity contribution is 5.96. The van der Waals surface area contributed by atoms with Crippen LogP contribution in [0.5, 0.6) is 0 Å². The number of benzene rings is 2. The molecule has 0 radical (unpaired) electrons. The summed E-state index contributed by atoms with van der Waals surface area (Å²) in [5, 5.41) is 7.55. The second-order valence-electron chi connectivity index (χ2n) is 12.3. The third-order valence-electron chi connectivity index (χ3n) is 8.76. The maximum atomic E-state index is 14.8. The molecule has 2 atom stereocenters. The van der Waals surface area contributed by atoms with Crippen LogP contribution in [-0.2, 0) is 12.8 Å². The van der Waals surface area contributed by atoms with Gasteiger partial charge in [0.05, 0.1) is 23.1 Å². The molecule has 0 saturated heterocycles. The Labute approximate surface area is 216 Å². The highest BCUT2D eigenvalue weighted by Crippen LogP contribution is 2.79. The first-order chi connectivity index (χ1) is 17.6. The third kappa shape index (κ3) is 4.01. The number of nitrogens with zero attached hydrogens (tertiary/aromatic N) is 2. The topological polar surface area (TPSA) is 46.9 Å². The van der Waals surface area contributed by atoms with Gasteiger partial charge in [0.15, 0.2) is 0 Å². The van der Waals surface area contributed by atoms with E-state index in [9.17, 15) is 13.6 Å². The predicted molar refractivity (Wildman–Crippen MR) is 140 cm³/mol. The van der Waals surface area contributed by atoms with Crippen molar-refractivity contribution in [2.75, 3.05) is 6.54 Å². The second kappa shape index (κ2) is 8.37. The summed E-state index contributed by atoms with van der Waals surface area (Å²) >= 11 is 0. The maximum absolute atomic E-state index is 14.8. The number of allylic oxidation sites excluding steroid dienone is 1. The van der Waals surface area contributed by atoms with E-state index in [0.29, 0.717) is 13.0 Å². The van der Waals surface area contributed by atoms with Crippen LogP contribution >= 0.6 is 0 Å². The quantitative estimate of drug-likeness (QED) is 0.410. The summed E-state index contributed by atoms with van der Waals surface area (Å²) in [6, 6.07) is 11.4. The molecule has 6 heteroatoms. The van der Waals surface area contributed by atoms with Crippen molar-refractivity contribution in [2.24, 2.45) is 16.2 Å². The van der Waals surface area contributed by atoms with Gasteiger partial charge in [0.2, 0.25) is 0 Å². The lowest BCUT2D eigenvalue weighted by atomic mass is 9.80. The SMILES string of the molecule is CC(C)(C)CNC(=O)c1c(F)cccc1CC[C@]12CCC3=Cc4c(cnn4-c4ccc(F)cc4)CC31C2. The number of fused-ring (bicyclic) bond motifs is 1. The van der Waals surface area contributed by atoms with Crippen LogP contribution in [0.3, 0.4) is 0 Å². The summed E-state index contributed by atoms with van der Waals surface area (Å²) in [4.78, 5) is 12.9. The van der Waals surface area contributed by atoms with Crippen molar-refractivity contribution < 1.29 is 13.6 Å². The van der Waals surface area contributed by atoms with Gasteiger partial charge in [-0.2, -0.15) is 5.10 Å². The van der Waals surface area contributed by atoms with Crippen molar-refractivity contribution in [2.45, 2.75) is 59.3 Å². The number of carbonyl (C=O) groups excluding carboxylic acids is 1. The van der Waals surface area contributed by atoms with Gasteiger partial charge >= 0.3 is 0 Å². The van der Waals surface area contributed by atoms with E-state index in [2.05, 4.69) is 16.5 Å². The lowest BCUT2D eigenvalue weighted by molar-refractivity contribution is 0.0934. The number of amides is 1. The summed E-state index contributed by atoms with van der Waals surface area (Å²) in [7, 11) is 0. The number of rotatable bonds is 6. The number of hydrogen-bond donors (Lipinski definition) is 1. The zero-order valence-electron chi connectivity index (χ0n) is 21.7. The minimum absolute atomic E-state index is 0.0721. The summed E-state index contributed by atoms with van der Waals surface area (Å²) < 4.78 is 30.2. The fraction of sp³-hybridized carbons (Fsp3) is 0.419. The van der Waals surface area contributed by atoms with E-state index < -0.39 is 5.82 Å². The van der Waals surface area contributed by atoms with Crippen molar-refractivity contribution >= 4 is 12.0 Å². The lowest BCUT2D eigenvalue weighted by Crippen LogP contribution is -2.33. The van der Waals surface area contributed by atoms with Crippen molar-refractivity contribution in [3.8, 4) is 5.69 Å². The molecule has 0 bridgehead atoms. The van der Waals surface area contributed by atoms with Gasteiger partial charge in [-0.1, -0.05) is 38.5 Å². The van der Waals surface area contributed by atoms with Crippen molar-refractivity contribution in [1.82, 2.24) is 15.1 Å². The van der Waals surface area contributed by atoms with Gasteiger partial charge in [-0.25, -0.2) is 13.5 Å². The molecule has 1 aromatic heterocycles. The fourth-order valence-electron chi connectivity index (χ4n) is 6.75. The monoisotopic (exact) mass is 501 g/mol. The number of aryl methyl sites for hydroxylation is 1. The Hall–Kier alpha value is -3.28. The Bertz CT molecular complexity index is 1420. The number of carbonyl (C=O) groups is 1. The molecule has 1 N–H and O–H groups in total. The molecule has 37 heavy (non-hydrogen) atoms. The molecule has 1 heterocycles. The molecular formula is C31H33F2N3O. The summed E-state index contributed by atoms with van der Waals surface area (Å²) in [5.41, 5.74) is 5.92. The minimum Gasteiger partial charge on any atom is -0.351 e. The largest absolute Gasteiger partial charge is 0.351 e. The number of halogens is 2. The molecule has 3 aliphatic carbocycles. The third-order valence-corrected chi connectivity index (χ3v) is 8.76. The van der Waals surface area contributed by atoms with Crippen LogP contribution in [0.1, 0.15) is 73.6 Å². The van der Waals surface area contributed by atoms with Crippen LogP contribution < -0.4 is 5.32 Å².